The summed E-state index contributed by atoms with van der Waals surface area (Å²) >= 11 is 0. The third-order valence-electron chi connectivity index (χ3n) is 5.75. The molecule has 35 heavy (non-hydrogen) atoms. The van der Waals surface area contributed by atoms with Crippen molar-refractivity contribution in [2.24, 2.45) is 0 Å². The molecule has 0 radical (unpaired) electrons. The van der Waals surface area contributed by atoms with Crippen LogP contribution in [-0.4, -0.2) is 41.4 Å². The molecule has 0 fully saturated rings. The average molecular weight is 471 g/mol. The van der Waals surface area contributed by atoms with Crippen molar-refractivity contribution < 1.29 is 14.3 Å². The van der Waals surface area contributed by atoms with Crippen molar-refractivity contribution >= 4 is 5.91 Å². The Balaban J connectivity index is 1.47. The number of nitrogens with zero attached hydrogens (tertiary/aromatic N) is 3. The van der Waals surface area contributed by atoms with E-state index in [1.54, 1.807) is 18.9 Å². The number of carbonyl (C=O) groups is 1. The van der Waals surface area contributed by atoms with Gasteiger partial charge in [-0.05, 0) is 60.7 Å². The van der Waals surface area contributed by atoms with Gasteiger partial charge < -0.3 is 14.8 Å². The van der Waals surface area contributed by atoms with Gasteiger partial charge in [-0.25, -0.2) is 9.67 Å². The summed E-state index contributed by atoms with van der Waals surface area (Å²) in [6.45, 7) is 2.48. The maximum absolute atomic E-state index is 12.9. The number of nitrogens with one attached hydrogen (secondary N) is 1. The lowest BCUT2D eigenvalue weighted by atomic mass is 10.1. The maximum atomic E-state index is 12.9. The summed E-state index contributed by atoms with van der Waals surface area (Å²) in [5, 5.41) is 7.51. The second-order valence-electron chi connectivity index (χ2n) is 8.28. The van der Waals surface area contributed by atoms with Crippen LogP contribution in [0.2, 0.25) is 0 Å². The molecule has 0 saturated heterocycles. The zero-order chi connectivity index (χ0) is 24.6. The van der Waals surface area contributed by atoms with Crippen molar-refractivity contribution in [3.63, 3.8) is 0 Å². The molecule has 0 bridgehead atoms. The van der Waals surface area contributed by atoms with Crippen molar-refractivity contribution in [2.75, 3.05) is 20.8 Å². The van der Waals surface area contributed by atoms with Gasteiger partial charge in [-0.3, -0.25) is 4.79 Å². The lowest BCUT2D eigenvalue weighted by Gasteiger charge is -2.09. The molecule has 0 aliphatic rings. The molecule has 0 spiro atoms. The van der Waals surface area contributed by atoms with Gasteiger partial charge in [-0.15, -0.1) is 5.10 Å². The van der Waals surface area contributed by atoms with Crippen LogP contribution < -0.4 is 14.8 Å². The predicted molar refractivity (Wildman–Crippen MR) is 136 cm³/mol. The summed E-state index contributed by atoms with van der Waals surface area (Å²) in [4.78, 5) is 17.5. The molecular weight excluding hydrogens is 440 g/mol. The molecule has 0 atom stereocenters. The summed E-state index contributed by atoms with van der Waals surface area (Å²) in [5.74, 6) is 1.97. The van der Waals surface area contributed by atoms with Crippen molar-refractivity contribution in [3.8, 4) is 17.2 Å². The summed E-state index contributed by atoms with van der Waals surface area (Å²) < 4.78 is 12.4. The monoisotopic (exact) mass is 470 g/mol. The molecule has 0 saturated carbocycles. The molecule has 1 heterocycles. The Bertz CT molecular complexity index is 1280. The van der Waals surface area contributed by atoms with Crippen molar-refractivity contribution in [3.05, 3.63) is 101 Å². The number of aryl methyl sites for hydroxylation is 3. The van der Waals surface area contributed by atoms with Gasteiger partial charge in [0.15, 0.2) is 11.5 Å². The summed E-state index contributed by atoms with van der Waals surface area (Å²) in [6.07, 6.45) is 2.13. The molecular formula is C28H30N4O3. The Morgan fingerprint density at radius 3 is 2.40 bits per heavy atom. The number of benzene rings is 3. The highest BCUT2D eigenvalue weighted by atomic mass is 16.5. The molecule has 0 aliphatic heterocycles. The Morgan fingerprint density at radius 2 is 1.66 bits per heavy atom. The van der Waals surface area contributed by atoms with Crippen LogP contribution in [0.4, 0.5) is 0 Å². The second kappa shape index (κ2) is 11.3. The lowest BCUT2D eigenvalue weighted by Crippen LogP contribution is -2.27. The average Bonchev–Trinajstić information content (AvgIpc) is 3.32. The van der Waals surface area contributed by atoms with Crippen LogP contribution >= 0.6 is 0 Å². The SMILES string of the molecule is COc1ccc(CCNC(=O)c2nc(CCc3ccccc3)n(-c3cccc(C)c3)n2)cc1OC. The molecule has 3 aromatic carbocycles. The van der Waals surface area contributed by atoms with E-state index in [2.05, 4.69) is 27.5 Å². The number of hydrogen-bond donors (Lipinski definition) is 1. The van der Waals surface area contributed by atoms with E-state index in [1.165, 1.54) is 5.56 Å². The smallest absolute Gasteiger partial charge is 0.290 e. The van der Waals surface area contributed by atoms with Gasteiger partial charge in [0.05, 0.1) is 19.9 Å². The highest BCUT2D eigenvalue weighted by molar-refractivity contribution is 5.90. The Kier molecular flexibility index (Phi) is 7.77. The molecule has 7 heteroatoms. The van der Waals surface area contributed by atoms with Crippen molar-refractivity contribution in [2.45, 2.75) is 26.2 Å². The number of ether oxygens (including phenoxy) is 2. The Labute approximate surface area is 205 Å². The molecule has 1 amide bonds. The van der Waals surface area contributed by atoms with Crippen molar-refractivity contribution in [1.82, 2.24) is 20.1 Å². The van der Waals surface area contributed by atoms with Gasteiger partial charge in [-0.1, -0.05) is 48.5 Å². The minimum atomic E-state index is -0.294. The third kappa shape index (κ3) is 6.06. The summed E-state index contributed by atoms with van der Waals surface area (Å²) in [6, 6.07) is 24.0. The van der Waals surface area contributed by atoms with Crippen LogP contribution in [0.15, 0.2) is 72.8 Å². The fourth-order valence-corrected chi connectivity index (χ4v) is 3.91. The van der Waals surface area contributed by atoms with E-state index < -0.39 is 0 Å². The standard InChI is InChI=1S/C28H30N4O3/c1-20-8-7-11-23(18-20)32-26(15-13-21-9-5-4-6-10-21)30-27(31-32)28(33)29-17-16-22-12-14-24(34-2)25(19-22)35-3/h4-12,14,18-19H,13,15-17H2,1-3H3,(H,29,33). The Hall–Kier alpha value is -4.13. The van der Waals surface area contributed by atoms with Gasteiger partial charge in [-0.2, -0.15) is 0 Å². The Morgan fingerprint density at radius 1 is 0.857 bits per heavy atom. The zero-order valence-electron chi connectivity index (χ0n) is 20.3. The minimum Gasteiger partial charge on any atom is -0.493 e. The molecule has 1 aromatic heterocycles. The van der Waals surface area contributed by atoms with Crippen LogP contribution in [0.1, 0.15) is 33.1 Å². The van der Waals surface area contributed by atoms with Crippen LogP contribution in [0.5, 0.6) is 11.5 Å². The highest BCUT2D eigenvalue weighted by Gasteiger charge is 2.17. The number of methoxy groups -OCH3 is 2. The van der Waals surface area contributed by atoms with E-state index in [0.717, 1.165) is 29.1 Å². The first-order valence-corrected chi connectivity index (χ1v) is 11.6. The summed E-state index contributed by atoms with van der Waals surface area (Å²) in [5.41, 5.74) is 4.26. The van der Waals surface area contributed by atoms with Gasteiger partial charge in [0, 0.05) is 13.0 Å². The van der Waals surface area contributed by atoms with Crippen LogP contribution in [0.25, 0.3) is 5.69 Å². The fourth-order valence-electron chi connectivity index (χ4n) is 3.91. The quantitative estimate of drug-likeness (QED) is 0.373. The van der Waals surface area contributed by atoms with Crippen LogP contribution in [0, 0.1) is 6.92 Å². The predicted octanol–water partition coefficient (Wildman–Crippen LogP) is 4.35. The van der Waals surface area contributed by atoms with E-state index in [4.69, 9.17) is 9.47 Å². The first-order valence-electron chi connectivity index (χ1n) is 11.6. The fraction of sp³-hybridized carbons (Fsp3) is 0.250. The van der Waals surface area contributed by atoms with Gasteiger partial charge >= 0.3 is 0 Å². The van der Waals surface area contributed by atoms with E-state index >= 15 is 0 Å². The van der Waals surface area contributed by atoms with Gasteiger partial charge in [0.2, 0.25) is 5.82 Å². The number of amides is 1. The molecule has 180 valence electrons. The van der Waals surface area contributed by atoms with E-state index in [1.807, 2.05) is 67.6 Å². The maximum Gasteiger partial charge on any atom is 0.290 e. The summed E-state index contributed by atoms with van der Waals surface area (Å²) in [7, 11) is 3.21. The van der Waals surface area contributed by atoms with Crippen molar-refractivity contribution in [1.29, 1.82) is 0 Å². The van der Waals surface area contributed by atoms with E-state index in [-0.39, 0.29) is 11.7 Å². The number of hydrogen-bond acceptors (Lipinski definition) is 5. The van der Waals surface area contributed by atoms with E-state index in [9.17, 15) is 4.79 Å². The van der Waals surface area contributed by atoms with Gasteiger partial charge in [0.25, 0.3) is 5.91 Å². The molecule has 1 N–H and O–H groups in total. The number of rotatable bonds is 10. The molecule has 4 rings (SSSR count). The largest absolute Gasteiger partial charge is 0.493 e. The topological polar surface area (TPSA) is 78.3 Å². The third-order valence-corrected chi connectivity index (χ3v) is 5.75. The second-order valence-corrected chi connectivity index (χ2v) is 8.28. The molecule has 0 unspecified atom stereocenters. The van der Waals surface area contributed by atoms with Crippen LogP contribution in [-0.2, 0) is 19.3 Å². The number of carbonyl (C=O) groups excluding carboxylic acids is 1. The van der Waals surface area contributed by atoms with E-state index in [0.29, 0.717) is 30.9 Å². The van der Waals surface area contributed by atoms with Crippen LogP contribution in [0.3, 0.4) is 0 Å². The molecule has 0 aliphatic carbocycles. The first-order chi connectivity index (χ1) is 17.1. The van der Waals surface area contributed by atoms with Gasteiger partial charge in [0.1, 0.15) is 5.82 Å². The minimum absolute atomic E-state index is 0.168. The molecule has 7 nitrogen and oxygen atoms in total. The zero-order valence-corrected chi connectivity index (χ0v) is 20.3. The normalized spacial score (nSPS) is 10.7. The lowest BCUT2D eigenvalue weighted by molar-refractivity contribution is 0.0944. The highest BCUT2D eigenvalue weighted by Crippen LogP contribution is 2.27. The number of aromatic nitrogens is 3. The molecule has 4 aromatic rings. The first kappa shape index (κ1) is 24.0.